The molecule has 0 atom stereocenters. The molecule has 0 aliphatic carbocycles. The molecule has 1 aromatic heterocycles. The van der Waals surface area contributed by atoms with Gasteiger partial charge in [-0.3, -0.25) is 0 Å². The number of hydrogen-bond donors (Lipinski definition) is 0. The summed E-state index contributed by atoms with van der Waals surface area (Å²) in [5.41, 5.74) is 0. The first-order chi connectivity index (χ1) is 4.43. The predicted octanol–water partition coefficient (Wildman–Crippen LogP) is 1.73. The van der Waals surface area contributed by atoms with Gasteiger partial charge in [0.1, 0.15) is 7.11 Å². The fourth-order valence-corrected chi connectivity index (χ4v) is 1.04. The smallest absolute Gasteiger partial charge is 0.106 e. The Morgan fingerprint density at radius 3 is 3.22 bits per heavy atom. The summed E-state index contributed by atoms with van der Waals surface area (Å²) in [5.74, 6) is 0. The van der Waals surface area contributed by atoms with E-state index in [1.54, 1.807) is 17.6 Å². The van der Waals surface area contributed by atoms with Crippen LogP contribution in [0.1, 0.15) is 4.88 Å². The fraction of sp³-hybridized carbons (Fsp3) is 0.167. The Morgan fingerprint density at radius 1 is 1.78 bits per heavy atom. The van der Waals surface area contributed by atoms with E-state index < -0.39 is 0 Å². The van der Waals surface area contributed by atoms with Crippen LogP contribution in [0.25, 0.3) is 0 Å². The van der Waals surface area contributed by atoms with Crippen molar-refractivity contribution in [2.24, 2.45) is 5.16 Å². The van der Waals surface area contributed by atoms with Crippen LogP contribution in [-0.4, -0.2) is 13.3 Å². The molecule has 0 saturated carbocycles. The summed E-state index contributed by atoms with van der Waals surface area (Å²) in [6, 6.07) is 3.95. The van der Waals surface area contributed by atoms with Crippen LogP contribution in [0.15, 0.2) is 22.7 Å². The second-order valence-electron chi connectivity index (χ2n) is 1.43. The van der Waals surface area contributed by atoms with Crippen molar-refractivity contribution in [1.82, 2.24) is 0 Å². The highest BCUT2D eigenvalue weighted by atomic mass is 32.1. The van der Waals surface area contributed by atoms with Crippen molar-refractivity contribution >= 4 is 17.6 Å². The molecule has 1 aromatic rings. The van der Waals surface area contributed by atoms with Gasteiger partial charge in [-0.05, 0) is 11.4 Å². The van der Waals surface area contributed by atoms with Gasteiger partial charge in [0.25, 0.3) is 0 Å². The van der Waals surface area contributed by atoms with E-state index in [1.165, 1.54) is 7.11 Å². The van der Waals surface area contributed by atoms with Gasteiger partial charge in [0.05, 0.1) is 6.21 Å². The lowest BCUT2D eigenvalue weighted by Gasteiger charge is -1.81. The normalized spacial score (nSPS) is 10.3. The third kappa shape index (κ3) is 1.85. The van der Waals surface area contributed by atoms with E-state index in [4.69, 9.17) is 0 Å². The van der Waals surface area contributed by atoms with Gasteiger partial charge >= 0.3 is 0 Å². The van der Waals surface area contributed by atoms with Gasteiger partial charge in [-0.25, -0.2) is 0 Å². The average molecular weight is 141 g/mol. The Kier molecular flexibility index (Phi) is 2.27. The summed E-state index contributed by atoms with van der Waals surface area (Å²) in [4.78, 5) is 5.60. The maximum absolute atomic E-state index is 4.49. The highest BCUT2D eigenvalue weighted by Crippen LogP contribution is 2.04. The summed E-state index contributed by atoms with van der Waals surface area (Å²) in [6.45, 7) is 0. The van der Waals surface area contributed by atoms with E-state index >= 15 is 0 Å². The lowest BCUT2D eigenvalue weighted by Crippen LogP contribution is -1.72. The van der Waals surface area contributed by atoms with Gasteiger partial charge in [-0.15, -0.1) is 11.3 Å². The molecule has 0 bridgehead atoms. The molecule has 2 nitrogen and oxygen atoms in total. The number of hydrogen-bond acceptors (Lipinski definition) is 3. The zero-order valence-electron chi connectivity index (χ0n) is 5.07. The van der Waals surface area contributed by atoms with Crippen molar-refractivity contribution < 1.29 is 4.84 Å². The van der Waals surface area contributed by atoms with Gasteiger partial charge in [0.2, 0.25) is 0 Å². The maximum Gasteiger partial charge on any atom is 0.106 e. The SMILES string of the molecule is CO/N=C/c1cccs1. The Morgan fingerprint density at radius 2 is 2.67 bits per heavy atom. The van der Waals surface area contributed by atoms with Crippen LogP contribution in [-0.2, 0) is 4.84 Å². The van der Waals surface area contributed by atoms with Gasteiger partial charge in [0, 0.05) is 4.88 Å². The lowest BCUT2D eigenvalue weighted by molar-refractivity contribution is 0.215. The minimum Gasteiger partial charge on any atom is -0.399 e. The molecular weight excluding hydrogens is 134 g/mol. The third-order valence-corrected chi connectivity index (χ3v) is 1.64. The zero-order chi connectivity index (χ0) is 6.53. The molecule has 0 N–H and O–H groups in total. The van der Waals surface area contributed by atoms with Gasteiger partial charge in [0.15, 0.2) is 0 Å². The highest BCUT2D eigenvalue weighted by Gasteiger charge is 1.83. The molecule has 0 aliphatic heterocycles. The van der Waals surface area contributed by atoms with Crippen molar-refractivity contribution in [2.45, 2.75) is 0 Å². The van der Waals surface area contributed by atoms with Crippen molar-refractivity contribution in [3.8, 4) is 0 Å². The average Bonchev–Trinajstić information content (AvgIpc) is 2.34. The van der Waals surface area contributed by atoms with Crippen LogP contribution >= 0.6 is 11.3 Å². The van der Waals surface area contributed by atoms with Gasteiger partial charge in [-0.1, -0.05) is 11.2 Å². The Hall–Kier alpha value is -0.830. The largest absolute Gasteiger partial charge is 0.399 e. The highest BCUT2D eigenvalue weighted by molar-refractivity contribution is 7.11. The fourth-order valence-electron chi connectivity index (χ4n) is 0.469. The molecule has 0 aliphatic rings. The van der Waals surface area contributed by atoms with Crippen molar-refractivity contribution in [1.29, 1.82) is 0 Å². The first-order valence-electron chi connectivity index (χ1n) is 2.53. The first-order valence-corrected chi connectivity index (χ1v) is 3.41. The number of rotatable bonds is 2. The molecular formula is C6H7NOS. The van der Waals surface area contributed by atoms with E-state index in [9.17, 15) is 0 Å². The number of oxime groups is 1. The van der Waals surface area contributed by atoms with Crippen LogP contribution < -0.4 is 0 Å². The minimum atomic E-state index is 1.11. The standard InChI is InChI=1S/C6H7NOS/c1-8-7-5-6-3-2-4-9-6/h2-5H,1H3/b7-5+. The Bertz CT molecular complexity index is 181. The third-order valence-electron chi connectivity index (χ3n) is 0.829. The van der Waals surface area contributed by atoms with E-state index in [1.807, 2.05) is 17.5 Å². The Labute approximate surface area is 57.8 Å². The van der Waals surface area contributed by atoms with Gasteiger partial charge < -0.3 is 4.84 Å². The van der Waals surface area contributed by atoms with Crippen LogP contribution in [0.5, 0.6) is 0 Å². The summed E-state index contributed by atoms with van der Waals surface area (Å²) < 4.78 is 0. The molecule has 1 rings (SSSR count). The summed E-state index contributed by atoms with van der Waals surface area (Å²) in [5, 5.41) is 5.60. The van der Waals surface area contributed by atoms with E-state index in [0.717, 1.165) is 4.88 Å². The van der Waals surface area contributed by atoms with E-state index in [-0.39, 0.29) is 0 Å². The molecule has 0 saturated heterocycles. The second kappa shape index (κ2) is 3.25. The number of thiophene rings is 1. The molecule has 0 unspecified atom stereocenters. The molecule has 0 amide bonds. The lowest BCUT2D eigenvalue weighted by atomic mass is 10.5. The summed E-state index contributed by atoms with van der Waals surface area (Å²) in [6.07, 6.45) is 1.69. The molecule has 0 spiro atoms. The molecule has 9 heavy (non-hydrogen) atoms. The molecule has 0 aromatic carbocycles. The quantitative estimate of drug-likeness (QED) is 0.454. The maximum atomic E-state index is 4.49. The minimum absolute atomic E-state index is 1.11. The molecule has 0 radical (unpaired) electrons. The first kappa shape index (κ1) is 6.29. The molecule has 3 heteroatoms. The van der Waals surface area contributed by atoms with Crippen LogP contribution in [0.3, 0.4) is 0 Å². The van der Waals surface area contributed by atoms with Crippen LogP contribution in [0.4, 0.5) is 0 Å². The molecule has 0 fully saturated rings. The monoisotopic (exact) mass is 141 g/mol. The molecule has 48 valence electrons. The number of nitrogens with zero attached hydrogens (tertiary/aromatic N) is 1. The van der Waals surface area contributed by atoms with Crippen molar-refractivity contribution in [3.63, 3.8) is 0 Å². The Balaban J connectivity index is 2.57. The van der Waals surface area contributed by atoms with Crippen LogP contribution in [0.2, 0.25) is 0 Å². The van der Waals surface area contributed by atoms with Crippen molar-refractivity contribution in [3.05, 3.63) is 22.4 Å². The zero-order valence-corrected chi connectivity index (χ0v) is 5.89. The summed E-state index contributed by atoms with van der Waals surface area (Å²) >= 11 is 1.63. The predicted molar refractivity (Wildman–Crippen MR) is 38.9 cm³/mol. The molecule has 1 heterocycles. The van der Waals surface area contributed by atoms with E-state index in [0.29, 0.717) is 0 Å². The summed E-state index contributed by atoms with van der Waals surface area (Å²) in [7, 11) is 1.53. The van der Waals surface area contributed by atoms with Gasteiger partial charge in [-0.2, -0.15) is 0 Å². The topological polar surface area (TPSA) is 21.6 Å². The van der Waals surface area contributed by atoms with Crippen LogP contribution in [0, 0.1) is 0 Å². The van der Waals surface area contributed by atoms with E-state index in [2.05, 4.69) is 9.99 Å². The van der Waals surface area contributed by atoms with Crippen molar-refractivity contribution in [2.75, 3.05) is 7.11 Å². The second-order valence-corrected chi connectivity index (χ2v) is 2.41.